The highest BCUT2D eigenvalue weighted by Gasteiger charge is 2.25. The average Bonchev–Trinajstić information content (AvgIpc) is 2.75. The SMILES string of the molecule is C=CP(=O)(OCC)c1cn(CCC(N)=O)nn1. The Morgan fingerprint density at radius 2 is 2.47 bits per heavy atom. The molecule has 1 heterocycles. The van der Waals surface area contributed by atoms with E-state index in [1.165, 1.54) is 16.7 Å². The van der Waals surface area contributed by atoms with E-state index in [1.807, 2.05) is 0 Å². The molecule has 7 nitrogen and oxygen atoms in total. The summed E-state index contributed by atoms with van der Waals surface area (Å²) in [6.45, 7) is 5.79. The summed E-state index contributed by atoms with van der Waals surface area (Å²) in [5, 5.41) is 7.50. The first-order valence-corrected chi connectivity index (χ1v) is 6.78. The molecule has 1 unspecified atom stereocenters. The lowest BCUT2D eigenvalue weighted by molar-refractivity contribution is -0.118. The zero-order valence-corrected chi connectivity index (χ0v) is 10.5. The van der Waals surface area contributed by atoms with Crippen molar-refractivity contribution >= 4 is 18.7 Å². The number of hydrogen-bond donors (Lipinski definition) is 1. The third kappa shape index (κ3) is 3.51. The van der Waals surface area contributed by atoms with Crippen LogP contribution in [0.15, 0.2) is 18.6 Å². The molecular formula is C9H15N4O3P. The van der Waals surface area contributed by atoms with Gasteiger partial charge in [-0.3, -0.25) is 14.0 Å². The summed E-state index contributed by atoms with van der Waals surface area (Å²) < 4.78 is 18.7. The quantitative estimate of drug-likeness (QED) is 0.706. The van der Waals surface area contributed by atoms with Gasteiger partial charge in [-0.2, -0.15) is 0 Å². The van der Waals surface area contributed by atoms with Gasteiger partial charge in [0.1, 0.15) is 0 Å². The molecule has 0 bridgehead atoms. The van der Waals surface area contributed by atoms with Crippen molar-refractivity contribution in [3.63, 3.8) is 0 Å². The maximum Gasteiger partial charge on any atom is 0.275 e. The van der Waals surface area contributed by atoms with E-state index in [2.05, 4.69) is 16.9 Å². The molecule has 0 aliphatic rings. The van der Waals surface area contributed by atoms with Crippen molar-refractivity contribution in [2.24, 2.45) is 5.73 Å². The van der Waals surface area contributed by atoms with Gasteiger partial charge in [0.15, 0.2) is 5.44 Å². The molecule has 94 valence electrons. The number of rotatable bonds is 7. The Morgan fingerprint density at radius 1 is 1.76 bits per heavy atom. The second-order valence-corrected chi connectivity index (χ2v) is 5.53. The smallest absolute Gasteiger partial charge is 0.275 e. The number of nitrogens with two attached hydrogens (primary N) is 1. The van der Waals surface area contributed by atoms with Crippen LogP contribution in [0.1, 0.15) is 13.3 Å². The van der Waals surface area contributed by atoms with Crippen LogP contribution in [0.4, 0.5) is 0 Å². The molecule has 1 rings (SSSR count). The number of carbonyl (C=O) groups excluding carboxylic acids is 1. The van der Waals surface area contributed by atoms with Gasteiger partial charge < -0.3 is 10.3 Å². The van der Waals surface area contributed by atoms with Gasteiger partial charge in [-0.1, -0.05) is 11.8 Å². The Balaban J connectivity index is 2.82. The summed E-state index contributed by atoms with van der Waals surface area (Å²) in [6, 6.07) is 0. The van der Waals surface area contributed by atoms with Crippen molar-refractivity contribution in [3.8, 4) is 0 Å². The van der Waals surface area contributed by atoms with Crippen molar-refractivity contribution in [3.05, 3.63) is 18.6 Å². The Kier molecular flexibility index (Phi) is 4.60. The number of amides is 1. The van der Waals surface area contributed by atoms with Crippen molar-refractivity contribution < 1.29 is 13.9 Å². The van der Waals surface area contributed by atoms with Crippen LogP contribution in [0.3, 0.4) is 0 Å². The fourth-order valence-corrected chi connectivity index (χ4v) is 2.44. The van der Waals surface area contributed by atoms with Gasteiger partial charge in [-0.25, -0.2) is 0 Å². The van der Waals surface area contributed by atoms with E-state index in [1.54, 1.807) is 6.92 Å². The summed E-state index contributed by atoms with van der Waals surface area (Å²) in [6.07, 6.45) is 1.62. The Labute approximate surface area is 99.1 Å². The topological polar surface area (TPSA) is 100 Å². The number of primary amides is 1. The lowest BCUT2D eigenvalue weighted by Crippen LogP contribution is -2.14. The van der Waals surface area contributed by atoms with E-state index in [-0.39, 0.29) is 18.5 Å². The second-order valence-electron chi connectivity index (χ2n) is 3.25. The van der Waals surface area contributed by atoms with E-state index in [4.69, 9.17) is 10.3 Å². The minimum absolute atomic E-state index is 0.149. The molecule has 1 atom stereocenters. The Bertz CT molecular complexity index is 457. The fraction of sp³-hybridized carbons (Fsp3) is 0.444. The van der Waals surface area contributed by atoms with Crippen molar-refractivity contribution in [2.45, 2.75) is 19.9 Å². The molecule has 1 amide bonds. The molecule has 0 radical (unpaired) electrons. The number of nitrogens with zero attached hydrogens (tertiary/aromatic N) is 3. The van der Waals surface area contributed by atoms with Crippen LogP contribution in [-0.4, -0.2) is 27.5 Å². The van der Waals surface area contributed by atoms with E-state index in [9.17, 15) is 9.36 Å². The largest absolute Gasteiger partial charge is 0.370 e. The van der Waals surface area contributed by atoms with Crippen LogP contribution in [0, 0.1) is 0 Å². The summed E-state index contributed by atoms with van der Waals surface area (Å²) >= 11 is 0. The molecule has 0 saturated carbocycles. The molecule has 0 saturated heterocycles. The minimum Gasteiger partial charge on any atom is -0.370 e. The van der Waals surface area contributed by atoms with E-state index < -0.39 is 13.3 Å². The lowest BCUT2D eigenvalue weighted by atomic mass is 10.4. The number of hydrogen-bond acceptors (Lipinski definition) is 5. The van der Waals surface area contributed by atoms with Gasteiger partial charge in [-0.15, -0.1) is 5.10 Å². The first-order chi connectivity index (χ1) is 8.01. The number of carbonyl (C=O) groups is 1. The summed E-state index contributed by atoms with van der Waals surface area (Å²) in [5.74, 6) is 0.803. The first kappa shape index (κ1) is 13.6. The van der Waals surface area contributed by atoms with Crippen molar-refractivity contribution in [1.82, 2.24) is 15.0 Å². The Hall–Kier alpha value is -1.46. The van der Waals surface area contributed by atoms with Crippen molar-refractivity contribution in [2.75, 3.05) is 6.61 Å². The molecule has 1 aromatic heterocycles. The molecule has 17 heavy (non-hydrogen) atoms. The lowest BCUT2D eigenvalue weighted by Gasteiger charge is -2.08. The summed E-state index contributed by atoms with van der Waals surface area (Å²) in [4.78, 5) is 10.6. The van der Waals surface area contributed by atoms with E-state index in [0.29, 0.717) is 6.54 Å². The highest BCUT2D eigenvalue weighted by Crippen LogP contribution is 2.45. The fourth-order valence-electron chi connectivity index (χ4n) is 1.17. The van der Waals surface area contributed by atoms with Crippen LogP contribution < -0.4 is 11.2 Å². The average molecular weight is 258 g/mol. The van der Waals surface area contributed by atoms with Gasteiger partial charge >= 0.3 is 0 Å². The molecule has 0 aliphatic heterocycles. The maximum atomic E-state index is 12.2. The predicted octanol–water partition coefficient (Wildman–Crippen LogP) is 0.237. The monoisotopic (exact) mass is 258 g/mol. The van der Waals surface area contributed by atoms with Crippen LogP contribution >= 0.6 is 7.37 Å². The third-order valence-electron chi connectivity index (χ3n) is 1.99. The highest BCUT2D eigenvalue weighted by molar-refractivity contribution is 7.69. The van der Waals surface area contributed by atoms with Crippen LogP contribution in [0.2, 0.25) is 0 Å². The zero-order chi connectivity index (χ0) is 12.9. The molecule has 0 aliphatic carbocycles. The van der Waals surface area contributed by atoms with Gasteiger partial charge in [0.25, 0.3) is 7.37 Å². The standard InChI is InChI=1S/C9H15N4O3P/c1-3-16-17(15,4-2)9-7-13(12-11-9)6-5-8(10)14/h4,7H,2-3,5-6H2,1H3,(H2,10,14). The molecule has 0 spiro atoms. The molecular weight excluding hydrogens is 243 g/mol. The van der Waals surface area contributed by atoms with Crippen LogP contribution in [0.25, 0.3) is 0 Å². The van der Waals surface area contributed by atoms with Gasteiger partial charge in [0.2, 0.25) is 5.91 Å². The number of aromatic nitrogens is 3. The molecule has 0 aromatic carbocycles. The van der Waals surface area contributed by atoms with Crippen molar-refractivity contribution in [1.29, 1.82) is 0 Å². The number of aryl methyl sites for hydroxylation is 1. The molecule has 2 N–H and O–H groups in total. The van der Waals surface area contributed by atoms with Crippen LogP contribution in [-0.2, 0) is 20.4 Å². The molecule has 1 aromatic rings. The summed E-state index contributed by atoms with van der Waals surface area (Å²) in [5.41, 5.74) is 5.23. The predicted molar refractivity (Wildman–Crippen MR) is 62.9 cm³/mol. The minimum atomic E-state index is -3.13. The maximum absolute atomic E-state index is 12.2. The highest BCUT2D eigenvalue weighted by atomic mass is 31.2. The third-order valence-corrected chi connectivity index (χ3v) is 3.96. The second kappa shape index (κ2) is 5.75. The molecule has 8 heteroatoms. The normalized spacial score (nSPS) is 14.2. The molecule has 0 fully saturated rings. The zero-order valence-electron chi connectivity index (χ0n) is 9.57. The van der Waals surface area contributed by atoms with Gasteiger partial charge in [0, 0.05) is 6.42 Å². The Morgan fingerprint density at radius 3 is 3.00 bits per heavy atom. The van der Waals surface area contributed by atoms with E-state index >= 15 is 0 Å². The summed E-state index contributed by atoms with van der Waals surface area (Å²) in [7, 11) is -3.13. The van der Waals surface area contributed by atoms with Gasteiger partial charge in [0.05, 0.1) is 19.3 Å². The van der Waals surface area contributed by atoms with Gasteiger partial charge in [-0.05, 0) is 12.7 Å². The first-order valence-electron chi connectivity index (χ1n) is 5.08. The van der Waals surface area contributed by atoms with Crippen LogP contribution in [0.5, 0.6) is 0 Å². The van der Waals surface area contributed by atoms with E-state index in [0.717, 1.165) is 0 Å².